The molecule has 0 aliphatic carbocycles. The standard InChI is InChI=1S/C29H30F3N7O3/c1-28(2,41)16-38(3)21-14-18(29(30,31)32)15-33-23(21)26-37-39(4)27(42-26)36-24-25(40)34-20-13-9-8-12-19(20)22(35-24)17-10-6-5-7-11-17/h5-15,24,27,36,41H,16H2,1-4H3,(H,34,40)/t24-,27?/m1/s1. The van der Waals surface area contributed by atoms with E-state index in [1.807, 2.05) is 48.5 Å². The van der Waals surface area contributed by atoms with Crippen LogP contribution in [0.1, 0.15) is 36.2 Å². The lowest BCUT2D eigenvalue weighted by molar-refractivity contribution is -0.137. The number of aromatic nitrogens is 1. The minimum absolute atomic E-state index is 0.00751. The highest BCUT2D eigenvalue weighted by atomic mass is 19.4. The van der Waals surface area contributed by atoms with Crippen LogP contribution >= 0.6 is 0 Å². The Hall–Kier alpha value is -4.49. The molecule has 2 aliphatic heterocycles. The number of likely N-dealkylation sites (N-methyl/N-ethyl adjacent to an activating group) is 1. The summed E-state index contributed by atoms with van der Waals surface area (Å²) >= 11 is 0. The Morgan fingerprint density at radius 1 is 1.12 bits per heavy atom. The molecule has 13 heteroatoms. The molecule has 2 atom stereocenters. The zero-order chi connectivity index (χ0) is 30.2. The molecule has 0 fully saturated rings. The van der Waals surface area contributed by atoms with Crippen molar-refractivity contribution in [3.8, 4) is 0 Å². The van der Waals surface area contributed by atoms with E-state index in [1.54, 1.807) is 34.0 Å². The molecule has 0 saturated heterocycles. The predicted molar refractivity (Wildman–Crippen MR) is 152 cm³/mol. The van der Waals surface area contributed by atoms with Crippen molar-refractivity contribution < 1.29 is 27.8 Å². The molecule has 0 spiro atoms. The Bertz CT molecular complexity index is 1540. The lowest BCUT2D eigenvalue weighted by Gasteiger charge is -2.29. The first-order chi connectivity index (χ1) is 19.8. The van der Waals surface area contributed by atoms with Gasteiger partial charge in [0.1, 0.15) is 5.69 Å². The minimum Gasteiger partial charge on any atom is -0.436 e. The van der Waals surface area contributed by atoms with Crippen LogP contribution in [0.5, 0.6) is 0 Å². The number of carbonyl (C=O) groups is 1. The molecule has 0 saturated carbocycles. The second-order valence-electron chi connectivity index (χ2n) is 10.7. The van der Waals surface area contributed by atoms with Crippen molar-refractivity contribution in [2.75, 3.05) is 30.9 Å². The molecule has 3 heterocycles. The molecular weight excluding hydrogens is 551 g/mol. The van der Waals surface area contributed by atoms with E-state index in [1.165, 1.54) is 9.91 Å². The number of pyridine rings is 1. The number of para-hydroxylation sites is 1. The third kappa shape index (κ3) is 6.21. The number of alkyl halides is 3. The van der Waals surface area contributed by atoms with Crippen LogP contribution < -0.4 is 15.5 Å². The molecule has 1 unspecified atom stereocenters. The van der Waals surface area contributed by atoms with Crippen molar-refractivity contribution in [2.24, 2.45) is 10.1 Å². The number of benzene rings is 2. The van der Waals surface area contributed by atoms with Crippen LogP contribution in [0.2, 0.25) is 0 Å². The molecular formula is C29H30F3N7O3. The summed E-state index contributed by atoms with van der Waals surface area (Å²) < 4.78 is 46.6. The number of rotatable bonds is 7. The van der Waals surface area contributed by atoms with Gasteiger partial charge in [0, 0.05) is 38.0 Å². The van der Waals surface area contributed by atoms with Gasteiger partial charge in [0.15, 0.2) is 6.17 Å². The van der Waals surface area contributed by atoms with E-state index in [-0.39, 0.29) is 23.8 Å². The Morgan fingerprint density at radius 2 is 1.81 bits per heavy atom. The molecule has 0 radical (unpaired) electrons. The van der Waals surface area contributed by atoms with E-state index >= 15 is 0 Å². The van der Waals surface area contributed by atoms with Crippen LogP contribution in [0.4, 0.5) is 24.5 Å². The van der Waals surface area contributed by atoms with E-state index in [9.17, 15) is 23.1 Å². The Balaban J connectivity index is 1.44. The Labute approximate surface area is 240 Å². The molecule has 42 heavy (non-hydrogen) atoms. The van der Waals surface area contributed by atoms with Gasteiger partial charge in [-0.1, -0.05) is 48.5 Å². The number of hydrogen-bond donors (Lipinski definition) is 3. The number of aliphatic imine (C=N–C) groups is 1. The molecule has 0 bridgehead atoms. The van der Waals surface area contributed by atoms with Gasteiger partial charge in [0.2, 0.25) is 6.35 Å². The molecule has 2 aromatic carbocycles. The quantitative estimate of drug-likeness (QED) is 0.391. The van der Waals surface area contributed by atoms with E-state index in [4.69, 9.17) is 9.73 Å². The molecule has 3 aromatic rings. The molecule has 1 amide bonds. The maximum absolute atomic E-state index is 13.5. The van der Waals surface area contributed by atoms with Crippen molar-refractivity contribution in [3.05, 3.63) is 89.2 Å². The third-order valence-electron chi connectivity index (χ3n) is 6.54. The summed E-state index contributed by atoms with van der Waals surface area (Å²) in [4.78, 5) is 23.5. The smallest absolute Gasteiger partial charge is 0.417 e. The predicted octanol–water partition coefficient (Wildman–Crippen LogP) is 3.62. The number of anilines is 2. The van der Waals surface area contributed by atoms with Gasteiger partial charge in [0.05, 0.1) is 28.3 Å². The van der Waals surface area contributed by atoms with Crippen molar-refractivity contribution in [2.45, 2.75) is 38.1 Å². The van der Waals surface area contributed by atoms with Gasteiger partial charge >= 0.3 is 6.18 Å². The lowest BCUT2D eigenvalue weighted by Crippen LogP contribution is -2.49. The zero-order valence-electron chi connectivity index (χ0n) is 23.3. The summed E-state index contributed by atoms with van der Waals surface area (Å²) in [6.45, 7) is 3.09. The van der Waals surface area contributed by atoms with Gasteiger partial charge in [-0.25, -0.2) is 15.3 Å². The van der Waals surface area contributed by atoms with Gasteiger partial charge in [-0.15, -0.1) is 5.10 Å². The van der Waals surface area contributed by atoms with Crippen LogP contribution in [0.3, 0.4) is 0 Å². The highest BCUT2D eigenvalue weighted by Crippen LogP contribution is 2.34. The van der Waals surface area contributed by atoms with Crippen molar-refractivity contribution in [3.63, 3.8) is 0 Å². The number of benzodiazepines with no additional fused rings is 1. The maximum Gasteiger partial charge on any atom is 0.417 e. The first-order valence-corrected chi connectivity index (χ1v) is 13.1. The van der Waals surface area contributed by atoms with Crippen molar-refractivity contribution in [1.82, 2.24) is 15.3 Å². The van der Waals surface area contributed by atoms with Crippen molar-refractivity contribution in [1.29, 1.82) is 0 Å². The summed E-state index contributed by atoms with van der Waals surface area (Å²) in [7, 11) is 3.13. The van der Waals surface area contributed by atoms with E-state index in [2.05, 4.69) is 20.7 Å². The molecule has 5 rings (SSSR count). The second kappa shape index (κ2) is 11.1. The lowest BCUT2D eigenvalue weighted by atomic mass is 10.0. The van der Waals surface area contributed by atoms with Gasteiger partial charge < -0.3 is 20.1 Å². The summed E-state index contributed by atoms with van der Waals surface area (Å²) in [6.07, 6.45) is -6.04. The number of hydrazone groups is 1. The van der Waals surface area contributed by atoms with Crippen LogP contribution in [0, 0.1) is 0 Å². The number of ether oxygens (including phenoxy) is 1. The van der Waals surface area contributed by atoms with Crippen molar-refractivity contribution >= 4 is 28.9 Å². The number of carbonyl (C=O) groups excluding carboxylic acids is 1. The van der Waals surface area contributed by atoms with Crippen LogP contribution in [0.25, 0.3) is 0 Å². The first-order valence-electron chi connectivity index (χ1n) is 13.1. The number of fused-ring (bicyclic) bond motifs is 1. The fourth-order valence-electron chi connectivity index (χ4n) is 4.71. The van der Waals surface area contributed by atoms with E-state index < -0.39 is 35.8 Å². The third-order valence-corrected chi connectivity index (χ3v) is 6.54. The molecule has 10 nitrogen and oxygen atoms in total. The van der Waals surface area contributed by atoms with E-state index in [0.717, 1.165) is 17.2 Å². The average molecular weight is 582 g/mol. The topological polar surface area (TPSA) is 115 Å². The number of aliphatic hydroxyl groups is 1. The maximum atomic E-state index is 13.5. The summed E-state index contributed by atoms with van der Waals surface area (Å²) in [5.41, 5.74) is 0.668. The summed E-state index contributed by atoms with van der Waals surface area (Å²) in [6, 6.07) is 17.7. The normalized spacial score (nSPS) is 18.9. The highest BCUT2D eigenvalue weighted by molar-refractivity contribution is 6.19. The molecule has 220 valence electrons. The zero-order valence-corrected chi connectivity index (χ0v) is 23.3. The summed E-state index contributed by atoms with van der Waals surface area (Å²) in [5.74, 6) is -0.497. The fourth-order valence-corrected chi connectivity index (χ4v) is 4.71. The first kappa shape index (κ1) is 29.0. The number of halogens is 3. The van der Waals surface area contributed by atoms with Crippen LogP contribution in [-0.2, 0) is 15.7 Å². The largest absolute Gasteiger partial charge is 0.436 e. The number of hydrogen-bond acceptors (Lipinski definition) is 9. The second-order valence-corrected chi connectivity index (χ2v) is 10.7. The van der Waals surface area contributed by atoms with E-state index in [0.29, 0.717) is 17.6 Å². The highest BCUT2D eigenvalue weighted by Gasteiger charge is 2.37. The Morgan fingerprint density at radius 3 is 2.50 bits per heavy atom. The molecule has 1 aromatic heterocycles. The SMILES string of the molecule is CN(CC(C)(C)O)c1cc(C(F)(F)F)cnc1C1=NN(C)C(N[C@H]2N=C(c3ccccc3)c3ccccc3NC2=O)O1. The van der Waals surface area contributed by atoms with Gasteiger partial charge in [-0.05, 0) is 26.0 Å². The number of nitrogens with one attached hydrogen (secondary N) is 2. The number of amides is 1. The minimum atomic E-state index is -4.63. The average Bonchev–Trinajstić information content (AvgIpc) is 3.22. The fraction of sp³-hybridized carbons (Fsp3) is 0.310. The monoisotopic (exact) mass is 581 g/mol. The van der Waals surface area contributed by atoms with Gasteiger partial charge in [-0.2, -0.15) is 13.2 Å². The van der Waals surface area contributed by atoms with Crippen LogP contribution in [-0.4, -0.2) is 71.4 Å². The molecule has 2 aliphatic rings. The van der Waals surface area contributed by atoms with Gasteiger partial charge in [-0.3, -0.25) is 9.79 Å². The van der Waals surface area contributed by atoms with Crippen LogP contribution in [0.15, 0.2) is 77.0 Å². The number of nitrogens with zero attached hydrogens (tertiary/aromatic N) is 5. The summed E-state index contributed by atoms with van der Waals surface area (Å²) in [5, 5.41) is 22.0. The van der Waals surface area contributed by atoms with Gasteiger partial charge in [0.25, 0.3) is 11.8 Å². The Kier molecular flexibility index (Phi) is 7.64. The molecule has 3 N–H and O–H groups in total.